The molecule has 0 aromatic carbocycles. The fourth-order valence-corrected chi connectivity index (χ4v) is 2.34. The van der Waals surface area contributed by atoms with E-state index in [-0.39, 0.29) is 18.6 Å². The van der Waals surface area contributed by atoms with Gasteiger partial charge in [0.05, 0.1) is 12.1 Å². The van der Waals surface area contributed by atoms with Crippen LogP contribution in [0.1, 0.15) is 19.8 Å². The zero-order valence-electron chi connectivity index (χ0n) is 10.0. The Morgan fingerprint density at radius 2 is 2.22 bits per heavy atom. The van der Waals surface area contributed by atoms with Crippen molar-refractivity contribution < 1.29 is 29.3 Å². The summed E-state index contributed by atoms with van der Waals surface area (Å²) in [5.41, 5.74) is 0. The van der Waals surface area contributed by atoms with Crippen LogP contribution < -0.4 is 5.32 Å². The molecule has 2 rings (SSSR count). The van der Waals surface area contributed by atoms with Gasteiger partial charge in [-0.05, 0) is 6.42 Å². The van der Waals surface area contributed by atoms with Gasteiger partial charge in [0.15, 0.2) is 0 Å². The molecule has 102 valence electrons. The zero-order valence-corrected chi connectivity index (χ0v) is 10.0. The maximum Gasteiger partial charge on any atom is 0.302 e. The van der Waals surface area contributed by atoms with Gasteiger partial charge in [-0.15, -0.1) is 0 Å². The molecule has 0 aromatic rings. The third kappa shape index (κ3) is 2.63. The molecule has 3 unspecified atom stereocenters. The summed E-state index contributed by atoms with van der Waals surface area (Å²) in [5.74, 6) is -0.635. The largest absolute Gasteiger partial charge is 0.463 e. The van der Waals surface area contributed by atoms with Crippen molar-refractivity contribution in [3.63, 3.8) is 0 Å². The van der Waals surface area contributed by atoms with Crippen molar-refractivity contribution >= 4 is 11.9 Å². The Labute approximate surface area is 104 Å². The summed E-state index contributed by atoms with van der Waals surface area (Å²) in [4.78, 5) is 22.0. The highest BCUT2D eigenvalue weighted by Gasteiger charge is 2.46. The summed E-state index contributed by atoms with van der Waals surface area (Å²) in [6.07, 6.45) is -2.62. The quantitative estimate of drug-likeness (QED) is 0.511. The SMILES string of the molecule is CC(=O)OCC1OC2CCC(=O)NC2[C@@H](O)[C@H]1O. The minimum atomic E-state index is -1.19. The molecule has 1 amide bonds. The van der Waals surface area contributed by atoms with Gasteiger partial charge in [0, 0.05) is 13.3 Å². The van der Waals surface area contributed by atoms with E-state index in [9.17, 15) is 19.8 Å². The van der Waals surface area contributed by atoms with E-state index in [2.05, 4.69) is 5.32 Å². The van der Waals surface area contributed by atoms with Crippen molar-refractivity contribution in [1.82, 2.24) is 5.32 Å². The maximum absolute atomic E-state index is 11.2. The highest BCUT2D eigenvalue weighted by molar-refractivity contribution is 5.77. The minimum Gasteiger partial charge on any atom is -0.463 e. The molecule has 18 heavy (non-hydrogen) atoms. The molecule has 0 aliphatic carbocycles. The monoisotopic (exact) mass is 259 g/mol. The molecule has 2 heterocycles. The smallest absolute Gasteiger partial charge is 0.302 e. The number of carbonyl (C=O) groups excluding carboxylic acids is 2. The van der Waals surface area contributed by atoms with Gasteiger partial charge in [0.1, 0.15) is 24.9 Å². The predicted octanol–water partition coefficient (Wildman–Crippen LogP) is -1.68. The first-order valence-electron chi connectivity index (χ1n) is 5.93. The normalized spacial score (nSPS) is 39.7. The maximum atomic E-state index is 11.2. The topological polar surface area (TPSA) is 105 Å². The van der Waals surface area contributed by atoms with Gasteiger partial charge >= 0.3 is 5.97 Å². The average Bonchev–Trinajstić information content (AvgIpc) is 2.32. The number of nitrogens with one attached hydrogen (secondary N) is 1. The molecule has 2 fully saturated rings. The van der Waals surface area contributed by atoms with Crippen molar-refractivity contribution in [2.24, 2.45) is 0 Å². The summed E-state index contributed by atoms with van der Waals surface area (Å²) in [7, 11) is 0. The molecule has 2 saturated heterocycles. The van der Waals surface area contributed by atoms with Crippen molar-refractivity contribution in [3.8, 4) is 0 Å². The third-order valence-corrected chi connectivity index (χ3v) is 3.28. The van der Waals surface area contributed by atoms with Crippen LogP contribution in [-0.4, -0.2) is 59.2 Å². The molecule has 0 radical (unpaired) electrons. The van der Waals surface area contributed by atoms with Gasteiger partial charge in [0.2, 0.25) is 5.91 Å². The minimum absolute atomic E-state index is 0.106. The van der Waals surface area contributed by atoms with Crippen molar-refractivity contribution in [1.29, 1.82) is 0 Å². The molecule has 0 spiro atoms. The first-order valence-corrected chi connectivity index (χ1v) is 5.93. The lowest BCUT2D eigenvalue weighted by Crippen LogP contribution is -2.66. The molecule has 7 nitrogen and oxygen atoms in total. The Morgan fingerprint density at radius 1 is 1.50 bits per heavy atom. The van der Waals surface area contributed by atoms with E-state index in [1.807, 2.05) is 0 Å². The zero-order chi connectivity index (χ0) is 13.3. The van der Waals surface area contributed by atoms with E-state index in [1.54, 1.807) is 0 Å². The summed E-state index contributed by atoms with van der Waals surface area (Å²) in [6.45, 7) is 1.15. The molecular formula is C11H17NO6. The van der Waals surface area contributed by atoms with Crippen molar-refractivity contribution in [2.45, 2.75) is 50.2 Å². The van der Waals surface area contributed by atoms with Gasteiger partial charge in [-0.3, -0.25) is 9.59 Å². The number of rotatable bonds is 2. The number of hydrogen-bond acceptors (Lipinski definition) is 6. The Hall–Kier alpha value is -1.18. The van der Waals surface area contributed by atoms with Crippen LogP contribution in [0, 0.1) is 0 Å². The number of ether oxygens (including phenoxy) is 2. The van der Waals surface area contributed by atoms with Crippen LogP contribution in [0.2, 0.25) is 0 Å². The number of hydrogen-bond donors (Lipinski definition) is 3. The van der Waals surface area contributed by atoms with Crippen molar-refractivity contribution in [2.75, 3.05) is 6.61 Å². The van der Waals surface area contributed by atoms with Gasteiger partial charge in [0.25, 0.3) is 0 Å². The summed E-state index contributed by atoms with van der Waals surface area (Å²) >= 11 is 0. The summed E-state index contributed by atoms with van der Waals surface area (Å²) in [5, 5.41) is 22.4. The van der Waals surface area contributed by atoms with E-state index < -0.39 is 30.3 Å². The number of fused-ring (bicyclic) bond motifs is 1. The third-order valence-electron chi connectivity index (χ3n) is 3.28. The van der Waals surface area contributed by atoms with E-state index in [4.69, 9.17) is 9.47 Å². The van der Waals surface area contributed by atoms with Crippen LogP contribution in [-0.2, 0) is 19.1 Å². The second-order valence-electron chi connectivity index (χ2n) is 4.63. The fraction of sp³-hybridized carbons (Fsp3) is 0.818. The van der Waals surface area contributed by atoms with E-state index >= 15 is 0 Å². The average molecular weight is 259 g/mol. The molecule has 7 heteroatoms. The Bertz CT molecular complexity index is 344. The molecule has 3 N–H and O–H groups in total. The van der Waals surface area contributed by atoms with Gasteiger partial charge in [-0.1, -0.05) is 0 Å². The first-order chi connectivity index (χ1) is 8.49. The van der Waals surface area contributed by atoms with Gasteiger partial charge in [-0.2, -0.15) is 0 Å². The van der Waals surface area contributed by atoms with E-state index in [1.165, 1.54) is 6.92 Å². The molecule has 2 aliphatic rings. The lowest BCUT2D eigenvalue weighted by Gasteiger charge is -2.44. The molecule has 5 atom stereocenters. The van der Waals surface area contributed by atoms with E-state index in [0.717, 1.165) is 0 Å². The van der Waals surface area contributed by atoms with Gasteiger partial charge in [-0.25, -0.2) is 0 Å². The van der Waals surface area contributed by atoms with Crippen LogP contribution in [0.4, 0.5) is 0 Å². The number of carbonyl (C=O) groups is 2. The van der Waals surface area contributed by atoms with Crippen LogP contribution in [0.25, 0.3) is 0 Å². The van der Waals surface area contributed by atoms with Crippen LogP contribution in [0.15, 0.2) is 0 Å². The number of esters is 1. The Balaban J connectivity index is 2.00. The number of amides is 1. The molecule has 0 aromatic heterocycles. The van der Waals surface area contributed by atoms with Crippen LogP contribution in [0.5, 0.6) is 0 Å². The first kappa shape index (κ1) is 13.3. The Morgan fingerprint density at radius 3 is 2.89 bits per heavy atom. The fourth-order valence-electron chi connectivity index (χ4n) is 2.34. The molecule has 0 saturated carbocycles. The lowest BCUT2D eigenvalue weighted by atomic mass is 9.88. The number of piperidine rings is 1. The molecule has 0 bridgehead atoms. The molecular weight excluding hydrogens is 242 g/mol. The van der Waals surface area contributed by atoms with Gasteiger partial charge < -0.3 is 25.0 Å². The molecule has 2 aliphatic heterocycles. The number of aliphatic hydroxyl groups is 2. The highest BCUT2D eigenvalue weighted by atomic mass is 16.6. The highest BCUT2D eigenvalue weighted by Crippen LogP contribution is 2.26. The van der Waals surface area contributed by atoms with Crippen LogP contribution >= 0.6 is 0 Å². The standard InChI is InChI=1S/C11H17NO6/c1-5(13)17-4-7-10(15)11(16)9-6(18-7)2-3-8(14)12-9/h6-7,9-11,15-16H,2-4H2,1H3,(H,12,14)/t6?,7?,9?,10-,11+/m0/s1. The predicted molar refractivity (Wildman–Crippen MR) is 58.5 cm³/mol. The number of aliphatic hydroxyl groups excluding tert-OH is 2. The lowest BCUT2D eigenvalue weighted by molar-refractivity contribution is -0.206. The summed E-state index contributed by atoms with van der Waals surface area (Å²) < 4.78 is 10.3. The Kier molecular flexibility index (Phi) is 3.84. The second kappa shape index (κ2) is 5.21. The summed E-state index contributed by atoms with van der Waals surface area (Å²) in [6, 6.07) is -0.602. The second-order valence-corrected chi connectivity index (χ2v) is 4.63. The van der Waals surface area contributed by atoms with Crippen molar-refractivity contribution in [3.05, 3.63) is 0 Å². The van der Waals surface area contributed by atoms with E-state index in [0.29, 0.717) is 12.8 Å². The van der Waals surface area contributed by atoms with Crippen LogP contribution in [0.3, 0.4) is 0 Å².